The summed E-state index contributed by atoms with van der Waals surface area (Å²) in [7, 11) is 1.68. The Kier molecular flexibility index (Phi) is 5.27. The van der Waals surface area contributed by atoms with Crippen LogP contribution in [0.15, 0.2) is 24.3 Å². The summed E-state index contributed by atoms with van der Waals surface area (Å²) < 4.78 is 41.6. The van der Waals surface area contributed by atoms with Crippen molar-refractivity contribution in [3.8, 4) is 11.4 Å². The second kappa shape index (κ2) is 7.18. The molecule has 0 spiro atoms. The van der Waals surface area contributed by atoms with E-state index in [1.807, 2.05) is 0 Å². The molecule has 10 heteroatoms. The minimum Gasteiger partial charge on any atom is -0.372 e. The summed E-state index contributed by atoms with van der Waals surface area (Å²) >= 11 is 0. The number of halogens is 3. The van der Waals surface area contributed by atoms with Crippen molar-refractivity contribution in [1.82, 2.24) is 20.2 Å². The van der Waals surface area contributed by atoms with Gasteiger partial charge in [0.1, 0.15) is 6.61 Å². The van der Waals surface area contributed by atoms with Gasteiger partial charge in [0.05, 0.1) is 13.0 Å². The Labute approximate surface area is 129 Å². The van der Waals surface area contributed by atoms with Crippen LogP contribution < -0.4 is 5.32 Å². The van der Waals surface area contributed by atoms with Gasteiger partial charge in [-0.1, -0.05) is 12.1 Å². The average molecular weight is 329 g/mol. The Morgan fingerprint density at radius 3 is 2.83 bits per heavy atom. The van der Waals surface area contributed by atoms with E-state index in [2.05, 4.69) is 25.6 Å². The van der Waals surface area contributed by atoms with Crippen molar-refractivity contribution < 1.29 is 22.7 Å². The van der Waals surface area contributed by atoms with Gasteiger partial charge in [-0.2, -0.15) is 13.2 Å². The molecule has 0 bridgehead atoms. The summed E-state index contributed by atoms with van der Waals surface area (Å²) in [6.07, 6.45) is -4.57. The van der Waals surface area contributed by atoms with Gasteiger partial charge in [0.2, 0.25) is 5.91 Å². The number of nitrogens with one attached hydrogen (secondary N) is 1. The van der Waals surface area contributed by atoms with Crippen molar-refractivity contribution in [1.29, 1.82) is 0 Å². The summed E-state index contributed by atoms with van der Waals surface area (Å²) in [4.78, 5) is 11.7. The molecule has 1 aromatic carbocycles. The molecule has 2 rings (SSSR count). The molecular formula is C13H14F3N5O2. The second-order valence-electron chi connectivity index (χ2n) is 4.67. The first-order chi connectivity index (χ1) is 10.8. The van der Waals surface area contributed by atoms with Gasteiger partial charge in [0.25, 0.3) is 0 Å². The Morgan fingerprint density at radius 1 is 1.39 bits per heavy atom. The van der Waals surface area contributed by atoms with Crippen molar-refractivity contribution in [3.05, 3.63) is 24.3 Å². The maximum absolute atomic E-state index is 11.9. The van der Waals surface area contributed by atoms with Gasteiger partial charge in [-0.3, -0.25) is 4.79 Å². The predicted octanol–water partition coefficient (Wildman–Crippen LogP) is 1.78. The molecule has 1 heterocycles. The lowest BCUT2D eigenvalue weighted by atomic mass is 10.2. The van der Waals surface area contributed by atoms with Crippen molar-refractivity contribution >= 4 is 11.6 Å². The van der Waals surface area contributed by atoms with Crippen LogP contribution >= 0.6 is 0 Å². The van der Waals surface area contributed by atoms with E-state index < -0.39 is 18.7 Å². The molecule has 1 N–H and O–H groups in total. The number of alkyl halides is 3. The zero-order valence-corrected chi connectivity index (χ0v) is 12.2. The second-order valence-corrected chi connectivity index (χ2v) is 4.67. The summed E-state index contributed by atoms with van der Waals surface area (Å²) in [6, 6.07) is 6.80. The lowest BCUT2D eigenvalue weighted by molar-refractivity contribution is -0.174. The summed E-state index contributed by atoms with van der Waals surface area (Å²) in [5, 5.41) is 13.7. The molecule has 1 aromatic heterocycles. The largest absolute Gasteiger partial charge is 0.411 e. The third-order valence-electron chi connectivity index (χ3n) is 2.76. The minimum atomic E-state index is -4.39. The highest BCUT2D eigenvalue weighted by atomic mass is 19.4. The Balaban J connectivity index is 1.88. The molecule has 0 saturated heterocycles. The van der Waals surface area contributed by atoms with Gasteiger partial charge in [-0.25, -0.2) is 4.68 Å². The van der Waals surface area contributed by atoms with Crippen molar-refractivity contribution in [2.75, 3.05) is 18.5 Å². The first-order valence-corrected chi connectivity index (χ1v) is 6.62. The minimum absolute atomic E-state index is 0.175. The topological polar surface area (TPSA) is 81.9 Å². The number of hydrogen-bond donors (Lipinski definition) is 1. The predicted molar refractivity (Wildman–Crippen MR) is 74.4 cm³/mol. The van der Waals surface area contributed by atoms with Gasteiger partial charge in [-0.15, -0.1) is 5.10 Å². The fraction of sp³-hybridized carbons (Fsp3) is 0.385. The normalized spacial score (nSPS) is 11.5. The molecule has 23 heavy (non-hydrogen) atoms. The van der Waals surface area contributed by atoms with Gasteiger partial charge < -0.3 is 10.1 Å². The molecule has 0 radical (unpaired) electrons. The Bertz CT molecular complexity index is 672. The van der Waals surface area contributed by atoms with E-state index in [0.29, 0.717) is 17.1 Å². The van der Waals surface area contributed by atoms with Gasteiger partial charge >= 0.3 is 6.18 Å². The van der Waals surface area contributed by atoms with Gasteiger partial charge in [-0.05, 0) is 22.6 Å². The summed E-state index contributed by atoms with van der Waals surface area (Å²) in [5.41, 5.74) is 1.19. The molecule has 0 aliphatic rings. The van der Waals surface area contributed by atoms with E-state index in [0.717, 1.165) is 0 Å². The molecule has 1 amide bonds. The van der Waals surface area contributed by atoms with Crippen LogP contribution in [0.2, 0.25) is 0 Å². The van der Waals surface area contributed by atoms with Crippen LogP contribution in [0.25, 0.3) is 11.4 Å². The molecule has 124 valence electrons. The highest BCUT2D eigenvalue weighted by Gasteiger charge is 2.27. The van der Waals surface area contributed by atoms with Gasteiger partial charge in [0, 0.05) is 18.3 Å². The van der Waals surface area contributed by atoms with Crippen molar-refractivity contribution in [2.24, 2.45) is 7.05 Å². The zero-order valence-electron chi connectivity index (χ0n) is 12.2. The van der Waals surface area contributed by atoms with Crippen LogP contribution in [0.3, 0.4) is 0 Å². The van der Waals surface area contributed by atoms with Crippen LogP contribution in [0.5, 0.6) is 0 Å². The third kappa shape index (κ3) is 5.33. The van der Waals surface area contributed by atoms with E-state index in [9.17, 15) is 18.0 Å². The van der Waals surface area contributed by atoms with E-state index in [1.165, 1.54) is 4.68 Å². The Hall–Kier alpha value is -2.49. The number of carbonyl (C=O) groups is 1. The number of aromatic nitrogens is 4. The smallest absolute Gasteiger partial charge is 0.372 e. The number of tetrazole rings is 1. The monoisotopic (exact) mass is 329 g/mol. The van der Waals surface area contributed by atoms with E-state index in [1.54, 1.807) is 31.3 Å². The first kappa shape index (κ1) is 16.9. The van der Waals surface area contributed by atoms with E-state index in [-0.39, 0.29) is 13.0 Å². The number of ether oxygens (including phenoxy) is 1. The quantitative estimate of drug-likeness (QED) is 0.817. The lowest BCUT2D eigenvalue weighted by Gasteiger charge is -2.09. The summed E-state index contributed by atoms with van der Waals surface area (Å²) in [6.45, 7) is -1.67. The highest BCUT2D eigenvalue weighted by Crippen LogP contribution is 2.19. The molecule has 0 aliphatic heterocycles. The zero-order chi connectivity index (χ0) is 16.9. The number of hydrogen-bond acceptors (Lipinski definition) is 5. The highest BCUT2D eigenvalue weighted by molar-refractivity contribution is 5.91. The molecule has 2 aromatic rings. The van der Waals surface area contributed by atoms with Crippen LogP contribution in [0.1, 0.15) is 6.42 Å². The fourth-order valence-electron chi connectivity index (χ4n) is 1.79. The number of anilines is 1. The number of aryl methyl sites for hydroxylation is 1. The van der Waals surface area contributed by atoms with E-state index in [4.69, 9.17) is 0 Å². The molecule has 0 unspecified atom stereocenters. The Morgan fingerprint density at radius 2 is 2.17 bits per heavy atom. The molecule has 0 atom stereocenters. The van der Waals surface area contributed by atoms with E-state index >= 15 is 0 Å². The SMILES string of the molecule is Cn1nnnc1-c1cccc(NC(=O)CCOCC(F)(F)F)c1. The standard InChI is InChI=1S/C13H14F3N5O2/c1-21-12(18-19-20-21)9-3-2-4-10(7-9)17-11(22)5-6-23-8-13(14,15)16/h2-4,7H,5-6,8H2,1H3,(H,17,22). The maximum atomic E-state index is 11.9. The molecule has 0 aliphatic carbocycles. The summed E-state index contributed by atoms with van der Waals surface area (Å²) in [5.74, 6) is 0.0787. The number of carbonyl (C=O) groups excluding carboxylic acids is 1. The van der Waals surface area contributed by atoms with Crippen LogP contribution in [-0.2, 0) is 16.6 Å². The maximum Gasteiger partial charge on any atom is 0.411 e. The van der Waals surface area contributed by atoms with Crippen LogP contribution in [0.4, 0.5) is 18.9 Å². The molecule has 0 fully saturated rings. The van der Waals surface area contributed by atoms with Crippen LogP contribution in [0, 0.1) is 0 Å². The number of rotatable bonds is 6. The average Bonchev–Trinajstić information content (AvgIpc) is 2.89. The molecule has 7 nitrogen and oxygen atoms in total. The number of nitrogens with zero attached hydrogens (tertiary/aromatic N) is 4. The number of amides is 1. The molecule has 0 saturated carbocycles. The fourth-order valence-corrected chi connectivity index (χ4v) is 1.79. The lowest BCUT2D eigenvalue weighted by Crippen LogP contribution is -2.20. The van der Waals surface area contributed by atoms with Crippen molar-refractivity contribution in [3.63, 3.8) is 0 Å². The third-order valence-corrected chi connectivity index (χ3v) is 2.76. The number of benzene rings is 1. The molecular weight excluding hydrogens is 315 g/mol. The van der Waals surface area contributed by atoms with Gasteiger partial charge in [0.15, 0.2) is 5.82 Å². The first-order valence-electron chi connectivity index (χ1n) is 6.62. The van der Waals surface area contributed by atoms with Crippen LogP contribution in [-0.4, -0.2) is 45.5 Å². The van der Waals surface area contributed by atoms with Crippen molar-refractivity contribution in [2.45, 2.75) is 12.6 Å².